The van der Waals surface area contributed by atoms with Crippen LogP contribution in [0.25, 0.3) is 0 Å². The van der Waals surface area contributed by atoms with Crippen LogP contribution in [0.2, 0.25) is 0 Å². The highest BCUT2D eigenvalue weighted by molar-refractivity contribution is 7.54. The summed E-state index contributed by atoms with van der Waals surface area (Å²) in [6.45, 7) is 12.8. The van der Waals surface area contributed by atoms with Crippen molar-refractivity contribution < 1.29 is 23.5 Å². The van der Waals surface area contributed by atoms with Crippen molar-refractivity contribution in [2.75, 3.05) is 12.4 Å². The molecule has 0 bridgehead atoms. The van der Waals surface area contributed by atoms with Crippen LogP contribution in [0.4, 0.5) is 5.69 Å². The number of anilines is 1. The van der Waals surface area contributed by atoms with Crippen molar-refractivity contribution in [3.05, 3.63) is 46.8 Å². The lowest BCUT2D eigenvalue weighted by Crippen LogP contribution is -2.20. The van der Waals surface area contributed by atoms with Crippen molar-refractivity contribution in [3.63, 3.8) is 0 Å². The molecule has 8 heteroatoms. The minimum Gasteiger partial charge on any atom is -0.504 e. The number of hydrogen-bond donors (Lipinski definition) is 2. The van der Waals surface area contributed by atoms with Crippen LogP contribution >= 0.6 is 7.60 Å². The maximum absolute atomic E-state index is 14.1. The summed E-state index contributed by atoms with van der Waals surface area (Å²) in [5.41, 5.74) is 3.58. The predicted octanol–water partition coefficient (Wildman–Crippen LogP) is 5.87. The van der Waals surface area contributed by atoms with Crippen molar-refractivity contribution >= 4 is 13.3 Å². The van der Waals surface area contributed by atoms with E-state index in [4.69, 9.17) is 13.8 Å². The summed E-state index contributed by atoms with van der Waals surface area (Å²) in [7, 11) is -2.23. The molecule has 0 radical (unpaired) electrons. The number of aromatic nitrogens is 1. The van der Waals surface area contributed by atoms with E-state index < -0.39 is 13.4 Å². The van der Waals surface area contributed by atoms with Crippen molar-refractivity contribution in [2.24, 2.45) is 0 Å². The minimum absolute atomic E-state index is 0.0394. The molecule has 1 atom stereocenters. The number of methoxy groups -OCH3 is 1. The molecule has 7 nitrogen and oxygen atoms in total. The first kappa shape index (κ1) is 24.2. The van der Waals surface area contributed by atoms with Crippen LogP contribution in [0.15, 0.2) is 24.3 Å². The van der Waals surface area contributed by atoms with Gasteiger partial charge in [-0.15, -0.1) is 0 Å². The van der Waals surface area contributed by atoms with Crippen molar-refractivity contribution in [1.29, 1.82) is 0 Å². The molecule has 1 aromatic heterocycles. The summed E-state index contributed by atoms with van der Waals surface area (Å²) in [5.74, 6) is -0.507. The monoisotopic (exact) mass is 436 g/mol. The van der Waals surface area contributed by atoms with Gasteiger partial charge in [-0.2, -0.15) is 0 Å². The topological polar surface area (TPSA) is 89.9 Å². The molecule has 0 saturated carbocycles. The summed E-state index contributed by atoms with van der Waals surface area (Å²) in [5, 5.41) is 13.6. The smallest absolute Gasteiger partial charge is 0.357 e. The van der Waals surface area contributed by atoms with Crippen molar-refractivity contribution in [2.45, 2.75) is 66.5 Å². The Hall–Kier alpha value is -2.08. The molecule has 0 unspecified atom stereocenters. The normalized spacial score (nSPS) is 13.0. The zero-order valence-electron chi connectivity index (χ0n) is 19.0. The summed E-state index contributed by atoms with van der Waals surface area (Å²) >= 11 is 0. The number of benzene rings is 1. The van der Waals surface area contributed by atoms with Crippen LogP contribution in [0.5, 0.6) is 11.5 Å². The van der Waals surface area contributed by atoms with E-state index in [1.807, 2.05) is 53.7 Å². The average molecular weight is 436 g/mol. The van der Waals surface area contributed by atoms with Gasteiger partial charge in [0.25, 0.3) is 0 Å². The maximum Gasteiger partial charge on any atom is 0.357 e. The van der Waals surface area contributed by atoms with E-state index >= 15 is 0 Å². The Morgan fingerprint density at radius 1 is 1.03 bits per heavy atom. The van der Waals surface area contributed by atoms with Gasteiger partial charge in [0.1, 0.15) is 0 Å². The molecule has 0 aliphatic rings. The lowest BCUT2D eigenvalue weighted by atomic mass is 10.1. The molecule has 1 aromatic carbocycles. The van der Waals surface area contributed by atoms with Crippen molar-refractivity contribution in [3.8, 4) is 11.5 Å². The quantitative estimate of drug-likeness (QED) is 0.475. The zero-order chi connectivity index (χ0) is 22.6. The molecule has 0 amide bonds. The third-order valence-corrected chi connectivity index (χ3v) is 6.86. The van der Waals surface area contributed by atoms with Gasteiger partial charge in [-0.05, 0) is 83.9 Å². The zero-order valence-corrected chi connectivity index (χ0v) is 19.9. The molecular formula is C22H33N2O5P. The number of hydrogen-bond acceptors (Lipinski definition) is 7. The van der Waals surface area contributed by atoms with E-state index in [1.165, 1.54) is 7.11 Å². The fraction of sp³-hybridized carbons (Fsp3) is 0.500. The molecular weight excluding hydrogens is 403 g/mol. The van der Waals surface area contributed by atoms with E-state index in [9.17, 15) is 9.67 Å². The lowest BCUT2D eigenvalue weighted by Gasteiger charge is -2.32. The van der Waals surface area contributed by atoms with Gasteiger partial charge < -0.3 is 24.2 Å². The maximum atomic E-state index is 14.1. The molecule has 0 fully saturated rings. The Balaban J connectivity index is 2.67. The average Bonchev–Trinajstić information content (AvgIpc) is 2.61. The Morgan fingerprint density at radius 3 is 2.13 bits per heavy atom. The van der Waals surface area contributed by atoms with E-state index in [0.717, 1.165) is 17.1 Å². The fourth-order valence-electron chi connectivity index (χ4n) is 3.15. The number of nitrogens with one attached hydrogen (secondary N) is 1. The third kappa shape index (κ3) is 5.75. The van der Waals surface area contributed by atoms with Gasteiger partial charge in [0.15, 0.2) is 17.3 Å². The number of phenols is 1. The summed E-state index contributed by atoms with van der Waals surface area (Å²) < 4.78 is 31.2. The first-order valence-corrected chi connectivity index (χ1v) is 11.6. The summed E-state index contributed by atoms with van der Waals surface area (Å²) in [6.07, 6.45) is -0.646. The highest BCUT2D eigenvalue weighted by Gasteiger charge is 2.40. The minimum atomic E-state index is -3.70. The van der Waals surface area contributed by atoms with Crippen LogP contribution in [0.1, 0.15) is 56.0 Å². The van der Waals surface area contributed by atoms with Crippen LogP contribution in [-0.2, 0) is 13.6 Å². The first-order chi connectivity index (χ1) is 14.0. The first-order valence-electron chi connectivity index (χ1n) is 10.0. The van der Waals surface area contributed by atoms with Crippen LogP contribution in [-0.4, -0.2) is 29.4 Å². The molecule has 166 valence electrons. The largest absolute Gasteiger partial charge is 0.504 e. The second-order valence-electron chi connectivity index (χ2n) is 7.87. The Morgan fingerprint density at radius 2 is 1.63 bits per heavy atom. The van der Waals surface area contributed by atoms with Gasteiger partial charge in [-0.1, -0.05) is 0 Å². The van der Waals surface area contributed by atoms with Crippen LogP contribution in [0.3, 0.4) is 0 Å². The number of phenolic OH excluding ortho intramolecular Hbond substituents is 1. The van der Waals surface area contributed by atoms with Gasteiger partial charge >= 0.3 is 7.60 Å². The molecule has 2 rings (SSSR count). The fourth-order valence-corrected chi connectivity index (χ4v) is 5.43. The molecule has 0 saturated heterocycles. The van der Waals surface area contributed by atoms with Crippen LogP contribution in [0, 0.1) is 20.8 Å². The molecule has 2 aromatic rings. The van der Waals surface area contributed by atoms with Gasteiger partial charge in [0, 0.05) is 5.69 Å². The Labute approximate surface area is 179 Å². The van der Waals surface area contributed by atoms with Gasteiger partial charge in [-0.25, -0.2) is 0 Å². The predicted molar refractivity (Wildman–Crippen MR) is 120 cm³/mol. The highest BCUT2D eigenvalue weighted by Crippen LogP contribution is 2.63. The molecule has 0 spiro atoms. The number of rotatable bonds is 9. The van der Waals surface area contributed by atoms with E-state index in [2.05, 4.69) is 10.3 Å². The number of nitrogens with zero attached hydrogens (tertiary/aromatic N) is 1. The Bertz CT molecular complexity index is 916. The molecule has 30 heavy (non-hydrogen) atoms. The van der Waals surface area contributed by atoms with Gasteiger partial charge in [-0.3, -0.25) is 9.55 Å². The second-order valence-corrected chi connectivity index (χ2v) is 9.89. The van der Waals surface area contributed by atoms with Crippen LogP contribution < -0.4 is 10.1 Å². The standard InChI is InChI=1S/C22H33N2O5P/c1-13(2)28-30(26,29-14(3)4)22(24-19-10-9-16(6)23-17(19)7)18-11-15(5)21(25)20(12-18)27-8/h9-14,22,24-25H,1-8H3/t22-/m0/s1. The third-order valence-electron chi connectivity index (χ3n) is 4.37. The van der Waals surface area contributed by atoms with E-state index in [-0.39, 0.29) is 23.7 Å². The Kier molecular flexibility index (Phi) is 7.92. The van der Waals surface area contributed by atoms with Gasteiger partial charge in [0.05, 0.1) is 30.7 Å². The van der Waals surface area contributed by atoms with Crippen molar-refractivity contribution in [1.82, 2.24) is 4.98 Å². The molecule has 1 heterocycles. The summed E-state index contributed by atoms with van der Waals surface area (Å²) in [6, 6.07) is 7.18. The molecule has 0 aliphatic heterocycles. The number of aromatic hydroxyl groups is 1. The summed E-state index contributed by atoms with van der Waals surface area (Å²) in [4.78, 5) is 4.49. The van der Waals surface area contributed by atoms with E-state index in [0.29, 0.717) is 11.1 Å². The number of ether oxygens (including phenoxy) is 1. The lowest BCUT2D eigenvalue weighted by molar-refractivity contribution is 0.138. The second kappa shape index (κ2) is 9.82. The van der Waals surface area contributed by atoms with E-state index in [1.54, 1.807) is 19.1 Å². The number of aryl methyl sites for hydroxylation is 3. The number of pyridine rings is 1. The molecule has 2 N–H and O–H groups in total. The molecule has 0 aliphatic carbocycles. The SMILES string of the molecule is COc1cc([C@@H](Nc2ccc(C)nc2C)P(=O)(OC(C)C)OC(C)C)cc(C)c1O. The van der Waals surface area contributed by atoms with Gasteiger partial charge in [0.2, 0.25) is 0 Å². The highest BCUT2D eigenvalue weighted by atomic mass is 31.2.